The lowest BCUT2D eigenvalue weighted by Gasteiger charge is -2.06. The van der Waals surface area contributed by atoms with Gasteiger partial charge in [0.25, 0.3) is 0 Å². The minimum Gasteiger partial charge on any atom is -0.107 e. The molecule has 0 aliphatic rings. The molecule has 0 heterocycles. The van der Waals surface area contributed by atoms with E-state index in [1.165, 1.54) is 0 Å². The van der Waals surface area contributed by atoms with Crippen molar-refractivity contribution in [1.82, 2.24) is 0 Å². The normalized spacial score (nSPS) is 10.0. The fourth-order valence-corrected chi connectivity index (χ4v) is 1.66. The van der Waals surface area contributed by atoms with E-state index >= 15 is 0 Å². The van der Waals surface area contributed by atoms with E-state index in [9.17, 15) is 0 Å². The van der Waals surface area contributed by atoms with Crippen molar-refractivity contribution in [2.24, 2.45) is 0 Å². The Morgan fingerprint density at radius 3 is 1.62 bits per heavy atom. The van der Waals surface area contributed by atoms with Crippen LogP contribution in [0.4, 0.5) is 0 Å². The summed E-state index contributed by atoms with van der Waals surface area (Å²) in [7, 11) is -0.413. The zero-order valence-corrected chi connectivity index (χ0v) is 6.65. The molecule has 0 unspecified atom stereocenters. The topological polar surface area (TPSA) is 0 Å². The molecule has 0 N–H and O–H groups in total. The summed E-state index contributed by atoms with van der Waals surface area (Å²) in [6.07, 6.45) is 0. The van der Waals surface area contributed by atoms with Gasteiger partial charge in [-0.2, -0.15) is 0 Å². The molecule has 0 rings (SSSR count). The molecule has 0 spiro atoms. The summed E-state index contributed by atoms with van der Waals surface area (Å²) in [4.78, 5) is 0. The molecule has 0 aliphatic heterocycles. The summed E-state index contributed by atoms with van der Waals surface area (Å²) in [5.41, 5.74) is 4.81. The molecule has 1 radical (unpaired) electrons. The Morgan fingerprint density at radius 2 is 1.62 bits per heavy atom. The van der Waals surface area contributed by atoms with Crippen molar-refractivity contribution in [3.05, 3.63) is 24.6 Å². The molecule has 0 bridgehead atoms. The van der Waals surface area contributed by atoms with Gasteiger partial charge in [0.15, 0.2) is 0 Å². The van der Waals surface area contributed by atoms with Crippen molar-refractivity contribution < 1.29 is 0 Å². The van der Waals surface area contributed by atoms with Crippen LogP contribution in [0.5, 0.6) is 0 Å². The highest BCUT2D eigenvalue weighted by molar-refractivity contribution is 6.70. The van der Waals surface area contributed by atoms with E-state index < -0.39 is 8.80 Å². The van der Waals surface area contributed by atoms with Crippen LogP contribution in [0.15, 0.2) is 24.6 Å². The average molecular weight is 125 g/mol. The highest BCUT2D eigenvalue weighted by atomic mass is 28.3. The van der Waals surface area contributed by atoms with Crippen LogP contribution in [-0.2, 0) is 0 Å². The quantitative estimate of drug-likeness (QED) is 0.508. The van der Waals surface area contributed by atoms with Crippen LogP contribution in [0.25, 0.3) is 0 Å². The Bertz CT molecular complexity index is 76.4. The molecule has 0 atom stereocenters. The Kier molecular flexibility index (Phi) is 3.53. The van der Waals surface area contributed by atoms with Crippen molar-refractivity contribution in [2.75, 3.05) is 0 Å². The monoisotopic (exact) mass is 125 g/mol. The molecule has 0 amide bonds. The zero-order chi connectivity index (χ0) is 6.57. The molecular weight excluding hydrogens is 112 g/mol. The second-order valence-corrected chi connectivity index (χ2v) is 5.03. The van der Waals surface area contributed by atoms with Crippen molar-refractivity contribution in [3.8, 4) is 0 Å². The third-order valence-corrected chi connectivity index (χ3v) is 3.41. The molecule has 0 saturated heterocycles. The summed E-state index contributed by atoms with van der Waals surface area (Å²) in [6, 6.07) is 0. The summed E-state index contributed by atoms with van der Waals surface area (Å²) >= 11 is 0. The van der Waals surface area contributed by atoms with E-state index in [0.29, 0.717) is 0 Å². The maximum atomic E-state index is 3.73. The van der Waals surface area contributed by atoms with Crippen LogP contribution in [0.2, 0.25) is 5.54 Å². The van der Waals surface area contributed by atoms with E-state index in [2.05, 4.69) is 27.0 Å². The first-order valence-corrected chi connectivity index (χ1v) is 4.57. The zero-order valence-electron chi connectivity index (χ0n) is 5.65. The van der Waals surface area contributed by atoms with Crippen molar-refractivity contribution >= 4 is 8.80 Å². The number of hydrogen-bond acceptors (Lipinski definition) is 0. The number of hydrogen-bond donors (Lipinski definition) is 0. The maximum Gasteiger partial charge on any atom is 0.105 e. The molecular formula is C7H13Si. The van der Waals surface area contributed by atoms with Crippen molar-refractivity contribution in [1.29, 1.82) is 0 Å². The van der Waals surface area contributed by atoms with E-state index in [0.717, 1.165) is 5.54 Å². The fraction of sp³-hybridized carbons (Fsp3) is 0.429. The van der Waals surface area contributed by atoms with Crippen LogP contribution >= 0.6 is 0 Å². The van der Waals surface area contributed by atoms with E-state index in [-0.39, 0.29) is 0 Å². The molecule has 0 nitrogen and oxygen atoms in total. The first-order valence-electron chi connectivity index (χ1n) is 2.84. The minimum atomic E-state index is -0.413. The predicted octanol–water partition coefficient (Wildman–Crippen LogP) is 2.34. The van der Waals surface area contributed by atoms with E-state index in [4.69, 9.17) is 0 Å². The summed E-state index contributed by atoms with van der Waals surface area (Å²) in [5, 5.41) is 0. The Hall–Kier alpha value is -0.303. The van der Waals surface area contributed by atoms with Gasteiger partial charge in [-0.25, -0.2) is 0 Å². The first-order chi connectivity index (χ1) is 3.72. The van der Waals surface area contributed by atoms with Gasteiger partial charge >= 0.3 is 0 Å². The van der Waals surface area contributed by atoms with Gasteiger partial charge in [0, 0.05) is 0 Å². The van der Waals surface area contributed by atoms with Crippen molar-refractivity contribution in [2.45, 2.75) is 19.4 Å². The van der Waals surface area contributed by atoms with Gasteiger partial charge in [-0.1, -0.05) is 25.2 Å². The minimum absolute atomic E-state index is 0.413. The molecule has 0 aromatic rings. The average Bonchev–Trinajstić information content (AvgIpc) is 1.69. The smallest absolute Gasteiger partial charge is 0.105 e. The van der Waals surface area contributed by atoms with Crippen LogP contribution in [0.1, 0.15) is 13.8 Å². The Labute approximate surface area is 53.5 Å². The van der Waals surface area contributed by atoms with Crippen LogP contribution in [0, 0.1) is 0 Å². The van der Waals surface area contributed by atoms with Crippen LogP contribution in [0.3, 0.4) is 0 Å². The predicted molar refractivity (Wildman–Crippen MR) is 41.2 cm³/mol. The van der Waals surface area contributed by atoms with E-state index in [1.807, 2.05) is 11.4 Å². The molecule has 0 fully saturated rings. The third-order valence-electron chi connectivity index (χ3n) is 1.14. The van der Waals surface area contributed by atoms with Gasteiger partial charge in [-0.3, -0.25) is 0 Å². The lowest BCUT2D eigenvalue weighted by molar-refractivity contribution is 1.05. The second-order valence-electron chi connectivity index (χ2n) is 2.06. The third kappa shape index (κ3) is 2.12. The van der Waals surface area contributed by atoms with Gasteiger partial charge in [0.2, 0.25) is 0 Å². The lowest BCUT2D eigenvalue weighted by atomic mass is 10.6. The first kappa shape index (κ1) is 7.70. The Balaban J connectivity index is 3.68. The largest absolute Gasteiger partial charge is 0.107 e. The van der Waals surface area contributed by atoms with Gasteiger partial charge in [-0.05, 0) is 5.54 Å². The molecule has 0 aromatic carbocycles. The maximum absolute atomic E-state index is 3.73. The molecule has 1 heteroatoms. The van der Waals surface area contributed by atoms with Crippen LogP contribution in [-0.4, -0.2) is 8.80 Å². The highest BCUT2D eigenvalue weighted by Gasteiger charge is 2.04. The summed E-state index contributed by atoms with van der Waals surface area (Å²) in [5.74, 6) is 0. The van der Waals surface area contributed by atoms with Gasteiger partial charge < -0.3 is 0 Å². The Morgan fingerprint density at radius 1 is 1.25 bits per heavy atom. The molecule has 0 aliphatic carbocycles. The summed E-state index contributed by atoms with van der Waals surface area (Å²) in [6.45, 7) is 11.9. The molecule has 0 aromatic heterocycles. The van der Waals surface area contributed by atoms with Gasteiger partial charge in [0.1, 0.15) is 8.80 Å². The molecule has 0 saturated carbocycles. The highest BCUT2D eigenvalue weighted by Crippen LogP contribution is 2.07. The van der Waals surface area contributed by atoms with Gasteiger partial charge in [0.05, 0.1) is 0 Å². The summed E-state index contributed by atoms with van der Waals surface area (Å²) < 4.78 is 0. The SMILES string of the molecule is C=C[Si](C=C)C(C)C. The lowest BCUT2D eigenvalue weighted by Crippen LogP contribution is -2.08. The molecule has 45 valence electrons. The number of rotatable bonds is 3. The van der Waals surface area contributed by atoms with Crippen molar-refractivity contribution in [3.63, 3.8) is 0 Å². The molecule has 8 heavy (non-hydrogen) atoms. The fourth-order valence-electron chi connectivity index (χ4n) is 0.555. The van der Waals surface area contributed by atoms with Gasteiger partial charge in [-0.15, -0.1) is 13.2 Å². The van der Waals surface area contributed by atoms with E-state index in [1.54, 1.807) is 0 Å². The van der Waals surface area contributed by atoms with Crippen LogP contribution < -0.4 is 0 Å². The standard InChI is InChI=1S/C7H13Si/c1-5-8(6-2)7(3)4/h5-7H,1-2H2,3-4H3. The second kappa shape index (κ2) is 3.67.